The third-order valence-corrected chi connectivity index (χ3v) is 31.0. The molecule has 147 heavy (non-hydrogen) atoms. The fourth-order valence-corrected chi connectivity index (χ4v) is 23.5. The highest BCUT2D eigenvalue weighted by Crippen LogP contribution is 2.51. The van der Waals surface area contributed by atoms with Gasteiger partial charge in [-0.25, -0.2) is 0 Å². The summed E-state index contributed by atoms with van der Waals surface area (Å²) in [6.07, 6.45) is 0. The Bertz CT molecular complexity index is 8470. The maximum Gasteiger partial charge on any atom is 0.252 e. The average molecular weight is 1890 g/mol. The molecule has 0 unspecified atom stereocenters. The van der Waals surface area contributed by atoms with Crippen LogP contribution >= 0.6 is 0 Å². The molecule has 21 aromatic carbocycles. The quantitative estimate of drug-likeness (QED) is 0.0892. The van der Waals surface area contributed by atoms with E-state index in [1.807, 2.05) is 0 Å². The monoisotopic (exact) mass is 1880 g/mol. The van der Waals surface area contributed by atoms with Crippen LogP contribution in [0.1, 0.15) is 101 Å². The van der Waals surface area contributed by atoms with Gasteiger partial charge in [0.15, 0.2) is 0 Å². The number of nitrogens with zero attached hydrogens (tertiary/aromatic N) is 6. The molecule has 0 amide bonds. The Kier molecular flexibility index (Phi) is 23.7. The number of fused-ring (bicyclic) bond motifs is 12. The Morgan fingerprint density at radius 3 is 0.605 bits per heavy atom. The van der Waals surface area contributed by atoms with Gasteiger partial charge < -0.3 is 29.4 Å². The van der Waals surface area contributed by atoms with Crippen LogP contribution in [-0.2, 0) is 0 Å². The zero-order chi connectivity index (χ0) is 99.0. The smallest absolute Gasteiger partial charge is 0.252 e. The van der Waals surface area contributed by atoms with Gasteiger partial charge in [-0.05, 0) is 307 Å². The summed E-state index contributed by atoms with van der Waals surface area (Å²) in [4.78, 5) is 14.8. The summed E-state index contributed by atoms with van der Waals surface area (Å²) in [5, 5.41) is 0. The molecule has 6 aliphatic heterocycles. The Hall–Kier alpha value is -17.4. The molecule has 0 fully saturated rings. The van der Waals surface area contributed by atoms with Crippen molar-refractivity contribution in [3.05, 3.63) is 526 Å². The summed E-state index contributed by atoms with van der Waals surface area (Å²) in [7, 11) is 0. The van der Waals surface area contributed by atoms with Crippen molar-refractivity contribution in [2.24, 2.45) is 0 Å². The first-order valence-corrected chi connectivity index (χ1v) is 52.1. The molecule has 0 saturated heterocycles. The van der Waals surface area contributed by atoms with Gasteiger partial charge in [-0.2, -0.15) is 0 Å². The van der Waals surface area contributed by atoms with Gasteiger partial charge in [-0.15, -0.1) is 0 Å². The second kappa shape index (κ2) is 38.4. The van der Waals surface area contributed by atoms with Crippen molar-refractivity contribution in [3.63, 3.8) is 0 Å². The zero-order valence-corrected chi connectivity index (χ0v) is 84.1. The maximum atomic E-state index is 2.51. The highest BCUT2D eigenvalue weighted by atomic mass is 15.2. The molecule has 0 aliphatic carbocycles. The lowest BCUT2D eigenvalue weighted by atomic mass is 9.33. The van der Waals surface area contributed by atoms with E-state index in [-0.39, 0.29) is 20.1 Å². The first-order valence-electron chi connectivity index (χ1n) is 52.1. The molecule has 6 aliphatic rings. The van der Waals surface area contributed by atoms with Crippen LogP contribution in [0.2, 0.25) is 0 Å². The number of rotatable bonds is 16. The van der Waals surface area contributed by atoms with Gasteiger partial charge in [0.1, 0.15) is 0 Å². The molecular weight excluding hydrogens is 1770 g/mol. The summed E-state index contributed by atoms with van der Waals surface area (Å²) >= 11 is 0. The maximum absolute atomic E-state index is 2.51. The van der Waals surface area contributed by atoms with Crippen LogP contribution in [-0.4, -0.2) is 20.1 Å². The van der Waals surface area contributed by atoms with Crippen molar-refractivity contribution in [1.29, 1.82) is 0 Å². The first kappa shape index (κ1) is 90.9. The Morgan fingerprint density at radius 1 is 0.129 bits per heavy atom. The molecule has 0 saturated carbocycles. The van der Waals surface area contributed by atoms with E-state index < -0.39 is 0 Å². The number of para-hydroxylation sites is 5. The molecule has 21 aromatic rings. The highest BCUT2D eigenvalue weighted by molar-refractivity contribution is 7.02. The molecule has 6 heterocycles. The third kappa shape index (κ3) is 16.4. The predicted octanol–water partition coefficient (Wildman–Crippen LogP) is 31.8. The SMILES string of the molecule is CC(C)c1ccc(-c2ccc(N3c4cc(-c5ccc(C(C)C)cc5)ccc4B4c5ccccc5N(c5ccc(C(C)C)cc5)c5cccc3c54)cc2)cc1.CC(C)c1ccc(-c2ccc3c(c2)N(c2ccc(-c4ccccc4)cc2)c2cccc4c2B3c2ccccc2N4c2ccccc2)cc1.c1ccc(-c2cccc(N3c4cc(-c5ccccc5)ccc4B4c5ccccc5N(c5ccccc5)c5cccc3c54)c2)cc1. The van der Waals surface area contributed by atoms with Gasteiger partial charge in [0.25, 0.3) is 20.1 Å². The Balaban J connectivity index is 0.000000115. The van der Waals surface area contributed by atoms with Crippen molar-refractivity contribution >= 4 is 172 Å². The molecule has 0 aromatic heterocycles. The number of hydrogen-bond donors (Lipinski definition) is 0. The standard InChI is InChI=1S/C51H47BN2.C45H35BN2.C42H29BN2/c1-33(2)36-14-18-39(19-15-36)40-24-29-44(30-25-40)54-49-13-9-12-48-51(49)52(46-31-26-42(32-50(46)54)41-20-16-37(17-21-41)34(3)4)45-10-7-8-11-47(45)53(48)43-27-22-38(23-28-43)35(5)6;1-31(2)32-20-22-35(23-21-32)36-26-29-40-44(30-36)48(38-27-24-34(25-28-38)33-12-5-3-6-13-33)43-19-11-18-42-45(43)46(40)39-16-9-10-17-41(39)47(42)37-14-7-4-8-15-37;1-4-14-30(15-5-1)32-18-12-21-35(28-32)45-40-25-13-24-39-42(40)43(37-27-26-33(29-41(37)45)31-16-6-2-7-17-31)36-22-10-11-23-38(36)44(39)34-19-8-3-9-20-34/h7-35H,1-6H3;3-31H,1-2H3;1-29H. The lowest BCUT2D eigenvalue weighted by Gasteiger charge is -2.44. The Labute approximate surface area is 866 Å². The largest absolute Gasteiger partial charge is 0.311 e. The van der Waals surface area contributed by atoms with Crippen LogP contribution in [0.5, 0.6) is 0 Å². The van der Waals surface area contributed by atoms with E-state index >= 15 is 0 Å². The van der Waals surface area contributed by atoms with Crippen molar-refractivity contribution in [3.8, 4) is 66.8 Å². The van der Waals surface area contributed by atoms with Crippen LogP contribution in [0, 0.1) is 0 Å². The van der Waals surface area contributed by atoms with Crippen LogP contribution in [0.4, 0.5) is 102 Å². The minimum atomic E-state index is 0.0981. The minimum Gasteiger partial charge on any atom is -0.311 e. The topological polar surface area (TPSA) is 19.4 Å². The second-order valence-electron chi connectivity index (χ2n) is 40.9. The molecule has 0 N–H and O–H groups in total. The number of anilines is 18. The predicted molar refractivity (Wildman–Crippen MR) is 630 cm³/mol. The highest BCUT2D eigenvalue weighted by Gasteiger charge is 2.48. The van der Waals surface area contributed by atoms with Crippen LogP contribution in [0.15, 0.2) is 504 Å². The summed E-state index contributed by atoms with van der Waals surface area (Å²) in [5.41, 5.74) is 53.8. The van der Waals surface area contributed by atoms with Crippen LogP contribution in [0.3, 0.4) is 0 Å². The van der Waals surface area contributed by atoms with Gasteiger partial charge in [-0.3, -0.25) is 0 Å². The summed E-state index contributed by atoms with van der Waals surface area (Å²) < 4.78 is 0. The fourth-order valence-electron chi connectivity index (χ4n) is 23.5. The molecule has 27 rings (SSSR count). The second-order valence-corrected chi connectivity index (χ2v) is 40.9. The first-order chi connectivity index (χ1) is 72.3. The van der Waals surface area contributed by atoms with Crippen LogP contribution in [0.25, 0.3) is 66.8 Å². The lowest BCUT2D eigenvalue weighted by Crippen LogP contribution is -2.61. The van der Waals surface area contributed by atoms with Crippen molar-refractivity contribution < 1.29 is 0 Å². The van der Waals surface area contributed by atoms with Crippen molar-refractivity contribution in [2.45, 2.75) is 79.1 Å². The van der Waals surface area contributed by atoms with E-state index in [2.05, 4.69) is 588 Å². The lowest BCUT2D eigenvalue weighted by molar-refractivity contribution is 0.866. The molecule has 6 nitrogen and oxygen atoms in total. The van der Waals surface area contributed by atoms with E-state index in [1.54, 1.807) is 0 Å². The van der Waals surface area contributed by atoms with Gasteiger partial charge in [0.05, 0.1) is 0 Å². The molecular formula is C138H111B3N6. The van der Waals surface area contributed by atoms with Crippen molar-refractivity contribution in [2.75, 3.05) is 29.4 Å². The van der Waals surface area contributed by atoms with E-state index in [1.165, 1.54) is 223 Å². The van der Waals surface area contributed by atoms with Crippen molar-refractivity contribution in [1.82, 2.24) is 0 Å². The number of benzene rings is 21. The van der Waals surface area contributed by atoms with E-state index in [0.29, 0.717) is 23.7 Å². The third-order valence-electron chi connectivity index (χ3n) is 31.0. The fraction of sp³-hybridized carbons (Fsp3) is 0.0870. The molecule has 9 heteroatoms. The minimum absolute atomic E-state index is 0.0981. The van der Waals surface area contributed by atoms with E-state index in [4.69, 9.17) is 0 Å². The van der Waals surface area contributed by atoms with Gasteiger partial charge >= 0.3 is 0 Å². The van der Waals surface area contributed by atoms with E-state index in [0.717, 1.165) is 17.1 Å². The van der Waals surface area contributed by atoms with E-state index in [9.17, 15) is 0 Å². The van der Waals surface area contributed by atoms with Gasteiger partial charge in [0.2, 0.25) is 0 Å². The van der Waals surface area contributed by atoms with Gasteiger partial charge in [0, 0.05) is 102 Å². The molecule has 0 bridgehead atoms. The number of hydrogen-bond acceptors (Lipinski definition) is 6. The molecule has 0 radical (unpaired) electrons. The summed E-state index contributed by atoms with van der Waals surface area (Å²) in [6.45, 7) is 18.4. The Morgan fingerprint density at radius 2 is 0.306 bits per heavy atom. The summed E-state index contributed by atoms with van der Waals surface area (Å²) in [5.74, 6) is 2.00. The zero-order valence-electron chi connectivity index (χ0n) is 84.1. The van der Waals surface area contributed by atoms with Crippen LogP contribution < -0.4 is 78.6 Å². The van der Waals surface area contributed by atoms with Gasteiger partial charge in [-0.1, -0.05) is 413 Å². The molecule has 0 atom stereocenters. The molecule has 0 spiro atoms. The average Bonchev–Trinajstić information content (AvgIpc) is 0.706. The molecule has 702 valence electrons. The normalized spacial score (nSPS) is 12.9. The summed E-state index contributed by atoms with van der Waals surface area (Å²) in [6, 6.07) is 186.